The molecular formula is C3O. The van der Waals surface area contributed by atoms with Crippen LogP contribution in [0.1, 0.15) is 0 Å². The van der Waals surface area contributed by atoms with Crippen LogP contribution in [0.2, 0.25) is 0 Å². The summed E-state index contributed by atoms with van der Waals surface area (Å²) in [4.78, 5) is 8.75. The number of rotatable bonds is 0. The fourth-order valence-corrected chi connectivity index (χ4v) is 0. The topological polar surface area (TPSA) is 17.1 Å². The molecule has 0 unspecified atom stereocenters. The molecule has 0 spiro atoms. The molecule has 0 aromatic heterocycles. The van der Waals surface area contributed by atoms with Gasteiger partial charge in [0.05, 0.1) is 0 Å². The highest BCUT2D eigenvalue weighted by Crippen LogP contribution is 1.21. The third-order valence-electron chi connectivity index (χ3n) is 0.0510. The second kappa shape index (κ2) is 2.23. The van der Waals surface area contributed by atoms with Gasteiger partial charge in [0.2, 0.25) is 0 Å². The van der Waals surface area contributed by atoms with E-state index in [2.05, 4.69) is 0 Å². The van der Waals surface area contributed by atoms with Crippen molar-refractivity contribution >= 4 is 6.29 Å². The van der Waals surface area contributed by atoms with E-state index in [1.54, 1.807) is 0 Å². The van der Waals surface area contributed by atoms with Crippen molar-refractivity contribution in [2.45, 2.75) is 0 Å². The summed E-state index contributed by atoms with van der Waals surface area (Å²) in [5, 5.41) is 0. The van der Waals surface area contributed by atoms with E-state index in [1.807, 2.05) is 0 Å². The smallest absolute Gasteiger partial charge is 0.275 e. The summed E-state index contributed by atoms with van der Waals surface area (Å²) in [6, 6.07) is 0. The molecule has 0 aromatic rings. The van der Waals surface area contributed by atoms with Gasteiger partial charge in [-0.3, -0.25) is 4.79 Å². The molecule has 0 rings (SSSR count). The van der Waals surface area contributed by atoms with E-state index in [4.69, 9.17) is 11.2 Å². The van der Waals surface area contributed by atoms with Gasteiger partial charge in [-0.15, -0.1) is 0 Å². The van der Waals surface area contributed by atoms with Crippen LogP contribution in [0.15, 0.2) is 0 Å². The van der Waals surface area contributed by atoms with Crippen molar-refractivity contribution in [3.63, 3.8) is 0 Å². The van der Waals surface area contributed by atoms with Crippen molar-refractivity contribution < 1.29 is 4.79 Å². The summed E-state index contributed by atoms with van der Waals surface area (Å²) in [5.41, 5.74) is 0. The zero-order chi connectivity index (χ0) is 3.41. The summed E-state index contributed by atoms with van der Waals surface area (Å²) in [6.45, 7) is 0. The molecule has 0 amide bonds. The summed E-state index contributed by atoms with van der Waals surface area (Å²) in [6.07, 6.45) is 6.88. The van der Waals surface area contributed by atoms with Crippen LogP contribution in [0.5, 0.6) is 0 Å². The first-order chi connectivity index (χ1) is 1.91. The zero-order valence-electron chi connectivity index (χ0n) is 1.91. The van der Waals surface area contributed by atoms with E-state index < -0.39 is 0 Å². The molecular weight excluding hydrogens is 52.0 g/mol. The van der Waals surface area contributed by atoms with Gasteiger partial charge in [-0.2, -0.15) is 0 Å². The number of carbonyl (C=O) groups excluding carboxylic acids is 1. The molecule has 4 heavy (non-hydrogen) atoms. The second-order valence-electron chi connectivity index (χ2n) is 0.227. The van der Waals surface area contributed by atoms with E-state index in [0.717, 1.165) is 6.29 Å². The Hall–Kier alpha value is -0.770. The molecule has 0 heterocycles. The van der Waals surface area contributed by atoms with Gasteiger partial charge in [0.15, 0.2) is 0 Å². The van der Waals surface area contributed by atoms with Gasteiger partial charge >= 0.3 is 0 Å². The van der Waals surface area contributed by atoms with E-state index in [-0.39, 0.29) is 0 Å². The van der Waals surface area contributed by atoms with Crippen LogP contribution in [0.3, 0.4) is 0 Å². The quantitative estimate of drug-likeness (QED) is 0.345. The lowest BCUT2D eigenvalue weighted by Gasteiger charge is -1.25. The van der Waals surface area contributed by atoms with E-state index in [0.29, 0.717) is 0 Å². The fraction of sp³-hybridized carbons (Fsp3) is 0. The molecule has 0 atom stereocenters. The Labute approximate surface area is 24.6 Å². The maximum atomic E-state index is 8.75. The molecule has 0 saturated heterocycles. The summed E-state index contributed by atoms with van der Waals surface area (Å²) < 4.78 is 0. The Morgan fingerprint density at radius 2 is 2.00 bits per heavy atom. The van der Waals surface area contributed by atoms with Crippen molar-refractivity contribution in [1.29, 1.82) is 0 Å². The molecule has 18 valence electrons. The van der Waals surface area contributed by atoms with Crippen molar-refractivity contribution in [3.05, 3.63) is 6.42 Å². The highest BCUT2D eigenvalue weighted by Gasteiger charge is 1.42. The fourth-order valence-electron chi connectivity index (χ4n) is 0. The third kappa shape index (κ3) is 1.23. The number of hydrogen-bond acceptors (Lipinski definition) is 1. The van der Waals surface area contributed by atoms with Crippen LogP contribution in [0.4, 0.5) is 0 Å². The van der Waals surface area contributed by atoms with Crippen LogP contribution >= 0.6 is 0 Å². The predicted molar refractivity (Wildman–Crippen MR) is 12.8 cm³/mol. The maximum absolute atomic E-state index is 8.75. The number of hydrogen-bond donors (Lipinski definition) is 0. The minimum absolute atomic E-state index is 1.10. The Balaban J connectivity index is 2.92. The van der Waals surface area contributed by atoms with Crippen LogP contribution in [-0.2, 0) is 4.79 Å². The van der Waals surface area contributed by atoms with Crippen LogP contribution in [0, 0.1) is 12.3 Å². The molecule has 1 heteroatoms. The summed E-state index contributed by atoms with van der Waals surface area (Å²) in [5.74, 6) is 1.38. The van der Waals surface area contributed by atoms with Gasteiger partial charge in [0, 0.05) is 0 Å². The second-order valence-corrected chi connectivity index (χ2v) is 0.227. The van der Waals surface area contributed by atoms with Gasteiger partial charge in [0.25, 0.3) is 6.29 Å². The van der Waals surface area contributed by atoms with E-state index in [1.165, 1.54) is 5.92 Å². The van der Waals surface area contributed by atoms with Crippen LogP contribution in [-0.4, -0.2) is 6.29 Å². The molecule has 0 bridgehead atoms. The maximum Gasteiger partial charge on any atom is 0.285 e. The molecule has 0 fully saturated rings. The largest absolute Gasteiger partial charge is 0.285 e. The van der Waals surface area contributed by atoms with Crippen molar-refractivity contribution in [3.8, 4) is 5.92 Å². The normalized spacial score (nSPS) is 3.75. The monoisotopic (exact) mass is 52.0 g/mol. The van der Waals surface area contributed by atoms with E-state index in [9.17, 15) is 0 Å². The summed E-state index contributed by atoms with van der Waals surface area (Å²) in [7, 11) is 0. The first-order valence-electron chi connectivity index (χ1n) is 0.704. The molecule has 1 nitrogen and oxygen atoms in total. The Morgan fingerprint density at radius 1 is 1.75 bits per heavy atom. The minimum Gasteiger partial charge on any atom is -0.275 e. The Kier molecular flexibility index (Phi) is 1.80. The standard InChI is InChI=1S/C3O/c1-2-3-4. The molecule has 0 aliphatic carbocycles. The average molecular weight is 52.0 g/mol. The van der Waals surface area contributed by atoms with Crippen LogP contribution < -0.4 is 0 Å². The molecule has 0 N–H and O–H groups in total. The molecule has 0 saturated carbocycles. The third-order valence-corrected chi connectivity index (χ3v) is 0.0510. The zero-order valence-corrected chi connectivity index (χ0v) is 1.91. The summed E-state index contributed by atoms with van der Waals surface area (Å²) >= 11 is 0. The molecule has 0 aromatic carbocycles. The Morgan fingerprint density at radius 3 is 2.00 bits per heavy atom. The SMILES string of the molecule is [C]#C[C]=O. The van der Waals surface area contributed by atoms with Crippen molar-refractivity contribution in [2.24, 2.45) is 0 Å². The highest BCUT2D eigenvalue weighted by atomic mass is 16.1. The molecule has 2 radical (unpaired) electrons. The average Bonchev–Trinajstić information content (AvgIpc) is 1.37. The Bertz CT molecular complexity index is 48.8. The lowest BCUT2D eigenvalue weighted by molar-refractivity contribution is 0.565. The van der Waals surface area contributed by atoms with Crippen LogP contribution in [0.25, 0.3) is 0 Å². The minimum atomic E-state index is 1.10. The first kappa shape index (κ1) is 3.23. The van der Waals surface area contributed by atoms with Gasteiger partial charge in [-0.05, 0) is 12.3 Å². The first-order valence-corrected chi connectivity index (χ1v) is 0.704. The predicted octanol–water partition coefficient (Wildman–Crippen LogP) is -0.314. The van der Waals surface area contributed by atoms with Crippen molar-refractivity contribution in [1.82, 2.24) is 0 Å². The van der Waals surface area contributed by atoms with Gasteiger partial charge < -0.3 is 0 Å². The van der Waals surface area contributed by atoms with Gasteiger partial charge in [-0.1, -0.05) is 0 Å². The molecule has 0 aliphatic rings. The van der Waals surface area contributed by atoms with Gasteiger partial charge in [-0.25, -0.2) is 0 Å². The lowest BCUT2D eigenvalue weighted by Crippen LogP contribution is -1.46. The molecule has 0 aliphatic heterocycles. The van der Waals surface area contributed by atoms with Crippen molar-refractivity contribution in [2.75, 3.05) is 0 Å². The van der Waals surface area contributed by atoms with Gasteiger partial charge in [0.1, 0.15) is 0 Å². The lowest BCUT2D eigenvalue weighted by atomic mass is 10.8. The highest BCUT2D eigenvalue weighted by molar-refractivity contribution is 5.70. The van der Waals surface area contributed by atoms with E-state index >= 15 is 0 Å².